The number of ketones is 1. The summed E-state index contributed by atoms with van der Waals surface area (Å²) in [7, 11) is 0. The number of nitrogens with two attached hydrogens (primary N) is 1. The van der Waals surface area contributed by atoms with Crippen LogP contribution in [-0.2, 0) is 14.4 Å². The van der Waals surface area contributed by atoms with Crippen molar-refractivity contribution in [2.45, 2.75) is 92.0 Å². The van der Waals surface area contributed by atoms with E-state index in [4.69, 9.17) is 10.6 Å². The lowest BCUT2D eigenvalue weighted by atomic mass is 9.46. The Morgan fingerprint density at radius 1 is 1.10 bits per heavy atom. The molecule has 0 spiro atoms. The van der Waals surface area contributed by atoms with Crippen molar-refractivity contribution in [2.75, 3.05) is 0 Å². The van der Waals surface area contributed by atoms with Gasteiger partial charge in [0.2, 0.25) is 0 Å². The van der Waals surface area contributed by atoms with Gasteiger partial charge in [0, 0.05) is 5.92 Å². The molecule has 0 aromatic carbocycles. The van der Waals surface area contributed by atoms with Crippen molar-refractivity contribution in [3.63, 3.8) is 0 Å². The Hall–Kier alpha value is -1.49. The maximum atomic E-state index is 12.3. The molecule has 0 aromatic rings. The fraction of sp³-hybridized carbons (Fsp3) is 0.808. The lowest BCUT2D eigenvalue weighted by molar-refractivity contribution is -0.146. The van der Waals surface area contributed by atoms with Crippen molar-refractivity contribution in [3.8, 4) is 0 Å². The van der Waals surface area contributed by atoms with Crippen molar-refractivity contribution in [1.29, 1.82) is 0 Å². The van der Waals surface area contributed by atoms with Crippen LogP contribution in [0.15, 0.2) is 16.8 Å². The van der Waals surface area contributed by atoms with Gasteiger partial charge in [0.05, 0.1) is 5.71 Å². The largest absolute Gasteiger partial charge is 0.351 e. The monoisotopic (exact) mass is 428 g/mol. The molecular weight excluding hydrogens is 388 g/mol. The molecule has 5 nitrogen and oxygen atoms in total. The third-order valence-electron chi connectivity index (χ3n) is 9.71. The van der Waals surface area contributed by atoms with E-state index in [0.717, 1.165) is 37.3 Å². The van der Waals surface area contributed by atoms with Crippen LogP contribution in [0.2, 0.25) is 0 Å². The minimum absolute atomic E-state index is 0.0335. The first kappa shape index (κ1) is 22.7. The fourth-order valence-corrected chi connectivity index (χ4v) is 7.75. The average Bonchev–Trinajstić information content (AvgIpc) is 3.08. The van der Waals surface area contributed by atoms with E-state index in [-0.39, 0.29) is 22.7 Å². The first-order valence-corrected chi connectivity index (χ1v) is 12.3. The Kier molecular flexibility index (Phi) is 5.95. The molecule has 0 amide bonds. The highest BCUT2D eigenvalue weighted by Gasteiger charge is 2.59. The number of carbonyl (C=O) groups is 2. The second-order valence-electron chi connectivity index (χ2n) is 11.6. The molecule has 4 aliphatic rings. The summed E-state index contributed by atoms with van der Waals surface area (Å²) in [5.74, 6) is 2.35. The van der Waals surface area contributed by atoms with Crippen LogP contribution in [0.25, 0.3) is 0 Å². The van der Waals surface area contributed by atoms with Gasteiger partial charge < -0.3 is 10.6 Å². The van der Waals surface area contributed by atoms with Crippen LogP contribution in [0.5, 0.6) is 0 Å². The number of hydrogen-bond donors (Lipinski definition) is 1. The van der Waals surface area contributed by atoms with Crippen LogP contribution in [-0.4, -0.2) is 23.5 Å². The highest BCUT2D eigenvalue weighted by atomic mass is 16.7. The van der Waals surface area contributed by atoms with Gasteiger partial charge in [-0.3, -0.25) is 4.79 Å². The van der Waals surface area contributed by atoms with Gasteiger partial charge in [-0.2, -0.15) is 0 Å². The molecule has 0 aliphatic heterocycles. The standard InChI is InChI=1S/C26H40N2O3/c1-15(2)23(27)24(30)31-28-18-10-12-25(4)17(14-18)6-7-19-21-9-8-20(16(3)29)26(21,5)13-11-22(19)25/h14-15,19-23H,6-13,27H2,1-5H3/b28-18+/t19-,20+,21-,22-,23-,25-,26+/m0/s1. The molecule has 4 aliphatic carbocycles. The van der Waals surface area contributed by atoms with E-state index < -0.39 is 12.0 Å². The van der Waals surface area contributed by atoms with Crippen molar-refractivity contribution >= 4 is 17.5 Å². The van der Waals surface area contributed by atoms with Gasteiger partial charge in [-0.1, -0.05) is 38.4 Å². The summed E-state index contributed by atoms with van der Waals surface area (Å²) in [6.45, 7) is 10.5. The average molecular weight is 429 g/mol. The molecule has 0 saturated heterocycles. The number of hydrogen-bond acceptors (Lipinski definition) is 5. The van der Waals surface area contributed by atoms with Gasteiger partial charge in [0.15, 0.2) is 0 Å². The van der Waals surface area contributed by atoms with Crippen molar-refractivity contribution < 1.29 is 14.4 Å². The molecule has 7 atom stereocenters. The molecule has 0 bridgehead atoms. The highest BCUT2D eigenvalue weighted by Crippen LogP contribution is 2.66. The van der Waals surface area contributed by atoms with Gasteiger partial charge in [-0.15, -0.1) is 0 Å². The van der Waals surface area contributed by atoms with Gasteiger partial charge in [0.1, 0.15) is 11.8 Å². The van der Waals surface area contributed by atoms with Crippen LogP contribution in [0.4, 0.5) is 0 Å². The maximum absolute atomic E-state index is 12.3. The zero-order valence-electron chi connectivity index (χ0n) is 19.9. The summed E-state index contributed by atoms with van der Waals surface area (Å²) in [4.78, 5) is 29.6. The van der Waals surface area contributed by atoms with E-state index in [1.54, 1.807) is 6.92 Å². The summed E-state index contributed by atoms with van der Waals surface area (Å²) < 4.78 is 0. The zero-order chi connectivity index (χ0) is 22.6. The molecule has 4 rings (SSSR count). The molecule has 0 aromatic heterocycles. The van der Waals surface area contributed by atoms with Gasteiger partial charge in [0.25, 0.3) is 0 Å². The fourth-order valence-electron chi connectivity index (χ4n) is 7.75. The Morgan fingerprint density at radius 3 is 2.52 bits per heavy atom. The predicted octanol–water partition coefficient (Wildman–Crippen LogP) is 5.04. The third-order valence-corrected chi connectivity index (χ3v) is 9.71. The van der Waals surface area contributed by atoms with Crippen LogP contribution >= 0.6 is 0 Å². The summed E-state index contributed by atoms with van der Waals surface area (Å²) in [5, 5.41) is 4.18. The SMILES string of the molecule is CC(=O)[C@H]1CC[C@H]2[C@@H]3CCC4=C/C(=N/OC(=O)[C@@H](N)C(C)C)CC[C@]4(C)[C@H]3CC[C@]12C. The second kappa shape index (κ2) is 8.13. The van der Waals surface area contributed by atoms with Crippen molar-refractivity contribution in [1.82, 2.24) is 0 Å². The molecule has 172 valence electrons. The minimum atomic E-state index is -0.636. The number of oxime groups is 1. The van der Waals surface area contributed by atoms with E-state index in [2.05, 4.69) is 25.1 Å². The molecular formula is C26H40N2O3. The quantitative estimate of drug-likeness (QED) is 0.502. The third kappa shape index (κ3) is 3.71. The summed E-state index contributed by atoms with van der Waals surface area (Å²) in [6.07, 6.45) is 11.1. The Morgan fingerprint density at radius 2 is 1.84 bits per heavy atom. The van der Waals surface area contributed by atoms with Gasteiger partial charge in [-0.25, -0.2) is 4.79 Å². The Labute approximate surface area is 187 Å². The molecule has 3 saturated carbocycles. The summed E-state index contributed by atoms with van der Waals surface area (Å²) in [6, 6.07) is -0.636. The summed E-state index contributed by atoms with van der Waals surface area (Å²) in [5.41, 5.74) is 8.63. The maximum Gasteiger partial charge on any atom is 0.351 e. The lowest BCUT2D eigenvalue weighted by Gasteiger charge is -2.58. The molecule has 31 heavy (non-hydrogen) atoms. The smallest absolute Gasteiger partial charge is 0.318 e. The molecule has 5 heteroatoms. The first-order chi connectivity index (χ1) is 14.6. The van der Waals surface area contributed by atoms with E-state index in [0.29, 0.717) is 17.6 Å². The van der Waals surface area contributed by atoms with Crippen molar-refractivity contribution in [3.05, 3.63) is 11.6 Å². The normalized spacial score (nSPS) is 41.8. The lowest BCUT2D eigenvalue weighted by Crippen LogP contribution is -2.51. The molecule has 3 fully saturated rings. The molecule has 0 heterocycles. The van der Waals surface area contributed by atoms with Crippen LogP contribution in [0.3, 0.4) is 0 Å². The minimum Gasteiger partial charge on any atom is -0.318 e. The first-order valence-electron chi connectivity index (χ1n) is 12.3. The van der Waals surface area contributed by atoms with Gasteiger partial charge >= 0.3 is 5.97 Å². The van der Waals surface area contributed by atoms with E-state index >= 15 is 0 Å². The number of nitrogens with zero attached hydrogens (tertiary/aromatic N) is 1. The molecule has 0 radical (unpaired) electrons. The molecule has 0 unspecified atom stereocenters. The molecule has 2 N–H and O–H groups in total. The van der Waals surface area contributed by atoms with Crippen LogP contribution < -0.4 is 5.73 Å². The zero-order valence-corrected chi connectivity index (χ0v) is 19.9. The predicted molar refractivity (Wildman–Crippen MR) is 122 cm³/mol. The topological polar surface area (TPSA) is 81.8 Å². The second-order valence-corrected chi connectivity index (χ2v) is 11.6. The van der Waals surface area contributed by atoms with E-state index in [1.807, 2.05) is 13.8 Å². The number of allylic oxidation sites excluding steroid dienone is 2. The highest BCUT2D eigenvalue weighted by molar-refractivity contribution is 5.96. The van der Waals surface area contributed by atoms with E-state index in [9.17, 15) is 9.59 Å². The van der Waals surface area contributed by atoms with Crippen LogP contribution in [0.1, 0.15) is 86.0 Å². The van der Waals surface area contributed by atoms with Gasteiger partial charge in [-0.05, 0) is 98.9 Å². The number of carbonyl (C=O) groups excluding carboxylic acids is 2. The Balaban J connectivity index is 1.51. The summed E-state index contributed by atoms with van der Waals surface area (Å²) >= 11 is 0. The number of rotatable bonds is 4. The number of fused-ring (bicyclic) bond motifs is 5. The van der Waals surface area contributed by atoms with Crippen molar-refractivity contribution in [2.24, 2.45) is 51.3 Å². The van der Waals surface area contributed by atoms with Crippen LogP contribution in [0, 0.1) is 40.4 Å². The Bertz CT molecular complexity index is 815. The number of Topliss-reactive ketones (excluding diaryl/α,β-unsaturated/α-hetero) is 1. The van der Waals surface area contributed by atoms with E-state index in [1.165, 1.54) is 31.3 Å².